The number of carbonyl (C=O) groups is 1. The lowest BCUT2D eigenvalue weighted by Gasteiger charge is -2.11. The van der Waals surface area contributed by atoms with Crippen LogP contribution in [0.2, 0.25) is 0 Å². The fraction of sp³-hybridized carbons (Fsp3) is 0.0741. The van der Waals surface area contributed by atoms with Crippen LogP contribution in [-0.2, 0) is 6.54 Å². The molecule has 7 heteroatoms. The number of halogens is 3. The predicted molar refractivity (Wildman–Crippen MR) is 125 cm³/mol. The second kappa shape index (κ2) is 8.26. The van der Waals surface area contributed by atoms with Gasteiger partial charge in [-0.25, -0.2) is 13.2 Å². The Kier molecular flexibility index (Phi) is 5.24. The maximum absolute atomic E-state index is 14.6. The monoisotopic (exact) mass is 460 g/mol. The molecular weight excluding hydrogens is 441 g/mol. The van der Waals surface area contributed by atoms with Crippen LogP contribution in [0.5, 0.6) is 5.75 Å². The molecule has 5 rings (SSSR count). The third-order valence-corrected chi connectivity index (χ3v) is 5.98. The van der Waals surface area contributed by atoms with Crippen LogP contribution >= 0.6 is 0 Å². The first kappa shape index (κ1) is 21.6. The van der Waals surface area contributed by atoms with Crippen molar-refractivity contribution in [1.29, 1.82) is 0 Å². The maximum Gasteiger partial charge on any atom is 0.249 e. The second-order valence-corrected chi connectivity index (χ2v) is 7.97. The van der Waals surface area contributed by atoms with Crippen molar-refractivity contribution in [3.63, 3.8) is 0 Å². The van der Waals surface area contributed by atoms with E-state index in [4.69, 9.17) is 10.5 Å². The third-order valence-electron chi connectivity index (χ3n) is 5.98. The molecule has 1 aromatic heterocycles. The molecule has 0 unspecified atom stereocenters. The molecule has 2 N–H and O–H groups in total. The minimum atomic E-state index is -1.26. The molecule has 0 atom stereocenters. The van der Waals surface area contributed by atoms with Crippen molar-refractivity contribution < 1.29 is 22.7 Å². The molecular formula is C27H19F3N2O2. The van der Waals surface area contributed by atoms with Crippen LogP contribution in [0.3, 0.4) is 0 Å². The second-order valence-electron chi connectivity index (χ2n) is 7.97. The zero-order valence-corrected chi connectivity index (χ0v) is 18.1. The number of ether oxygens (including phenoxy) is 1. The molecule has 4 nitrogen and oxygen atoms in total. The van der Waals surface area contributed by atoms with E-state index < -0.39 is 23.4 Å². The van der Waals surface area contributed by atoms with Gasteiger partial charge in [0.05, 0.1) is 24.7 Å². The molecule has 0 bridgehead atoms. The van der Waals surface area contributed by atoms with E-state index in [0.717, 1.165) is 22.6 Å². The highest BCUT2D eigenvalue weighted by Gasteiger charge is 2.19. The molecule has 0 saturated carbocycles. The van der Waals surface area contributed by atoms with Gasteiger partial charge >= 0.3 is 0 Å². The summed E-state index contributed by atoms with van der Waals surface area (Å²) in [5, 5.41) is 1.32. The maximum atomic E-state index is 14.6. The first-order valence-electron chi connectivity index (χ1n) is 10.5. The molecule has 0 radical (unpaired) electrons. The van der Waals surface area contributed by atoms with E-state index in [9.17, 15) is 18.0 Å². The normalized spacial score (nSPS) is 11.3. The highest BCUT2D eigenvalue weighted by molar-refractivity contribution is 6.18. The molecule has 1 amide bonds. The van der Waals surface area contributed by atoms with Crippen LogP contribution in [0, 0.1) is 17.5 Å². The van der Waals surface area contributed by atoms with Gasteiger partial charge < -0.3 is 15.0 Å². The summed E-state index contributed by atoms with van der Waals surface area (Å²) in [4.78, 5) is 12.2. The predicted octanol–water partition coefficient (Wildman–Crippen LogP) is 6.03. The van der Waals surface area contributed by atoms with Gasteiger partial charge in [-0.2, -0.15) is 0 Å². The number of amides is 1. The first-order chi connectivity index (χ1) is 16.4. The molecule has 0 spiro atoms. The quantitative estimate of drug-likeness (QED) is 0.326. The van der Waals surface area contributed by atoms with Gasteiger partial charge in [0.15, 0.2) is 11.6 Å². The fourth-order valence-electron chi connectivity index (χ4n) is 4.38. The average molecular weight is 460 g/mol. The summed E-state index contributed by atoms with van der Waals surface area (Å²) in [6.07, 6.45) is 0. The molecule has 0 aliphatic heterocycles. The number of rotatable bonds is 5. The van der Waals surface area contributed by atoms with Crippen LogP contribution in [0.25, 0.3) is 32.9 Å². The van der Waals surface area contributed by atoms with Gasteiger partial charge in [-0.15, -0.1) is 0 Å². The number of benzene rings is 4. The zero-order valence-electron chi connectivity index (χ0n) is 18.1. The summed E-state index contributed by atoms with van der Waals surface area (Å²) in [5.74, 6) is -3.13. The van der Waals surface area contributed by atoms with Gasteiger partial charge in [0.25, 0.3) is 0 Å². The molecule has 1 heterocycles. The molecule has 5 aromatic rings. The number of carbonyl (C=O) groups excluding carboxylic acids is 1. The van der Waals surface area contributed by atoms with Crippen LogP contribution in [0.1, 0.15) is 15.9 Å². The zero-order chi connectivity index (χ0) is 24.0. The van der Waals surface area contributed by atoms with Crippen molar-refractivity contribution in [2.75, 3.05) is 7.11 Å². The molecule has 4 aromatic carbocycles. The SMILES string of the molecule is COc1ccc(-c2ccc3c4c(C(N)=O)cccc4n(Cc4cc(F)cc(F)c4F)c3c2)cc1. The highest BCUT2D eigenvalue weighted by atomic mass is 19.2. The van der Waals surface area contributed by atoms with Crippen molar-refractivity contribution in [3.05, 3.63) is 101 Å². The minimum Gasteiger partial charge on any atom is -0.497 e. The average Bonchev–Trinajstić information content (AvgIpc) is 3.15. The van der Waals surface area contributed by atoms with E-state index in [-0.39, 0.29) is 12.1 Å². The van der Waals surface area contributed by atoms with Gasteiger partial charge in [0, 0.05) is 28.0 Å². The van der Waals surface area contributed by atoms with Crippen molar-refractivity contribution in [1.82, 2.24) is 4.57 Å². The van der Waals surface area contributed by atoms with Gasteiger partial charge in [-0.05, 0) is 47.5 Å². The fourth-order valence-corrected chi connectivity index (χ4v) is 4.38. The molecule has 0 aliphatic carbocycles. The van der Waals surface area contributed by atoms with E-state index >= 15 is 0 Å². The van der Waals surface area contributed by atoms with Gasteiger partial charge in [-0.3, -0.25) is 4.79 Å². The van der Waals surface area contributed by atoms with E-state index in [1.54, 1.807) is 29.9 Å². The van der Waals surface area contributed by atoms with Crippen LogP contribution in [-0.4, -0.2) is 17.6 Å². The summed E-state index contributed by atoms with van der Waals surface area (Å²) >= 11 is 0. The molecule has 34 heavy (non-hydrogen) atoms. The highest BCUT2D eigenvalue weighted by Crippen LogP contribution is 2.35. The number of primary amides is 1. The Morgan fingerprint density at radius 1 is 0.912 bits per heavy atom. The summed E-state index contributed by atoms with van der Waals surface area (Å²) in [6, 6.07) is 19.7. The smallest absolute Gasteiger partial charge is 0.249 e. The number of nitrogens with zero attached hydrogens (tertiary/aromatic N) is 1. The topological polar surface area (TPSA) is 57.2 Å². The van der Waals surface area contributed by atoms with E-state index in [2.05, 4.69) is 0 Å². The number of fused-ring (bicyclic) bond motifs is 3. The Morgan fingerprint density at radius 3 is 2.35 bits per heavy atom. The van der Waals surface area contributed by atoms with E-state index in [1.807, 2.05) is 42.5 Å². The van der Waals surface area contributed by atoms with Crippen LogP contribution in [0.4, 0.5) is 13.2 Å². The Bertz CT molecular complexity index is 1570. The van der Waals surface area contributed by atoms with Gasteiger partial charge in [0.2, 0.25) is 5.91 Å². The summed E-state index contributed by atoms with van der Waals surface area (Å²) in [7, 11) is 1.59. The van der Waals surface area contributed by atoms with Crippen molar-refractivity contribution in [3.8, 4) is 16.9 Å². The molecule has 170 valence electrons. The van der Waals surface area contributed by atoms with Crippen molar-refractivity contribution >= 4 is 27.7 Å². The first-order valence-corrected chi connectivity index (χ1v) is 10.5. The third kappa shape index (κ3) is 3.55. The van der Waals surface area contributed by atoms with Crippen LogP contribution < -0.4 is 10.5 Å². The van der Waals surface area contributed by atoms with E-state index in [1.165, 1.54) is 0 Å². The Labute approximate surface area is 193 Å². The summed E-state index contributed by atoms with van der Waals surface area (Å²) < 4.78 is 49.3. The minimum absolute atomic E-state index is 0.143. The number of hydrogen-bond donors (Lipinski definition) is 1. The number of nitrogens with two attached hydrogens (primary N) is 1. The molecule has 0 aliphatic rings. The molecule has 0 fully saturated rings. The Hall–Kier alpha value is -4.26. The molecule has 0 saturated heterocycles. The summed E-state index contributed by atoms with van der Waals surface area (Å²) in [5.41, 5.74) is 8.84. The number of hydrogen-bond acceptors (Lipinski definition) is 2. The lowest BCUT2D eigenvalue weighted by molar-refractivity contribution is 0.100. The van der Waals surface area contributed by atoms with Crippen molar-refractivity contribution in [2.24, 2.45) is 5.73 Å². The largest absolute Gasteiger partial charge is 0.497 e. The van der Waals surface area contributed by atoms with Gasteiger partial charge in [0.1, 0.15) is 11.6 Å². The standard InChI is InChI=1S/C27H19F3N2O2/c1-34-19-8-5-15(6-9-19)16-7-10-20-24(12-16)32(14-17-11-18(28)13-22(29)26(17)30)23-4-2-3-21(25(20)23)27(31)33/h2-13H,14H2,1H3,(H2,31,33). The number of methoxy groups -OCH3 is 1. The summed E-state index contributed by atoms with van der Waals surface area (Å²) in [6.45, 7) is -0.144. The Balaban J connectivity index is 1.78. The van der Waals surface area contributed by atoms with E-state index in [0.29, 0.717) is 33.8 Å². The lowest BCUT2D eigenvalue weighted by atomic mass is 10.0. The van der Waals surface area contributed by atoms with Gasteiger partial charge in [-0.1, -0.05) is 30.3 Å². The Morgan fingerprint density at radius 2 is 1.65 bits per heavy atom. The van der Waals surface area contributed by atoms with Crippen molar-refractivity contribution in [2.45, 2.75) is 6.54 Å². The van der Waals surface area contributed by atoms with Crippen LogP contribution in [0.15, 0.2) is 72.8 Å². The number of aromatic nitrogens is 1. The lowest BCUT2D eigenvalue weighted by Crippen LogP contribution is -2.11.